The second kappa shape index (κ2) is 7.05. The minimum Gasteiger partial charge on any atom is -0.466 e. The van der Waals surface area contributed by atoms with Crippen LogP contribution in [-0.2, 0) is 14.3 Å². The minimum absolute atomic E-state index is 0.00694. The van der Waals surface area contributed by atoms with Crippen LogP contribution in [-0.4, -0.2) is 23.8 Å². The van der Waals surface area contributed by atoms with E-state index in [1.807, 2.05) is 13.8 Å². The van der Waals surface area contributed by atoms with Crippen molar-refractivity contribution < 1.29 is 19.2 Å². The van der Waals surface area contributed by atoms with Crippen LogP contribution >= 0.6 is 11.6 Å². The summed E-state index contributed by atoms with van der Waals surface area (Å²) >= 11 is 5.96. The number of rotatable bonds is 3. The number of carbonyl (C=O) groups excluding carboxylic acids is 2. The third-order valence-electron chi connectivity index (χ3n) is 5.41. The van der Waals surface area contributed by atoms with Gasteiger partial charge in [-0.3, -0.25) is 14.9 Å². The van der Waals surface area contributed by atoms with E-state index in [-0.39, 0.29) is 22.1 Å². The molecule has 1 aromatic carbocycles. The number of dihydropyridines is 1. The standard InChI is InChI=1S/C20H21ClN2O5/c1-10-15(19(25)28-4)16(11-5-6-12(21)14(9-11)23(26)27)17-13(22-10)7-8-20(2,3)18(17)24/h5-6,9,16,22H,7-8H2,1-4H3. The highest BCUT2D eigenvalue weighted by Gasteiger charge is 2.45. The number of methoxy groups -OCH3 is 1. The molecule has 1 aliphatic heterocycles. The van der Waals surface area contributed by atoms with Crippen LogP contribution in [0.3, 0.4) is 0 Å². The lowest BCUT2D eigenvalue weighted by Crippen LogP contribution is -2.40. The van der Waals surface area contributed by atoms with E-state index in [1.165, 1.54) is 19.2 Å². The molecule has 2 aliphatic rings. The Hall–Kier alpha value is -2.67. The Morgan fingerprint density at radius 1 is 1.39 bits per heavy atom. The predicted molar refractivity (Wildman–Crippen MR) is 104 cm³/mol. The van der Waals surface area contributed by atoms with Crippen LogP contribution in [0.15, 0.2) is 40.7 Å². The van der Waals surface area contributed by atoms with Crippen LogP contribution in [0.5, 0.6) is 0 Å². The maximum atomic E-state index is 13.3. The summed E-state index contributed by atoms with van der Waals surface area (Å²) in [7, 11) is 1.26. The van der Waals surface area contributed by atoms with Gasteiger partial charge in [-0.1, -0.05) is 31.5 Å². The number of hydrogen-bond donors (Lipinski definition) is 1. The summed E-state index contributed by atoms with van der Waals surface area (Å²) < 4.78 is 4.95. The molecule has 3 rings (SSSR count). The van der Waals surface area contributed by atoms with E-state index in [0.717, 1.165) is 5.70 Å². The fourth-order valence-electron chi connectivity index (χ4n) is 3.84. The Morgan fingerprint density at radius 3 is 2.68 bits per heavy atom. The van der Waals surface area contributed by atoms with Gasteiger partial charge in [0.05, 0.1) is 17.6 Å². The molecule has 1 N–H and O–H groups in total. The summed E-state index contributed by atoms with van der Waals surface area (Å²) in [6, 6.07) is 4.36. The summed E-state index contributed by atoms with van der Waals surface area (Å²) in [6.45, 7) is 5.46. The molecule has 1 atom stereocenters. The average Bonchev–Trinajstić information content (AvgIpc) is 2.64. The number of ketones is 1. The van der Waals surface area contributed by atoms with E-state index in [2.05, 4.69) is 5.32 Å². The largest absolute Gasteiger partial charge is 0.466 e. The quantitative estimate of drug-likeness (QED) is 0.464. The first-order valence-corrected chi connectivity index (χ1v) is 9.24. The van der Waals surface area contributed by atoms with Crippen molar-refractivity contribution in [1.82, 2.24) is 5.32 Å². The number of carbonyl (C=O) groups is 2. The summed E-state index contributed by atoms with van der Waals surface area (Å²) in [5, 5.41) is 14.5. The van der Waals surface area contributed by atoms with Gasteiger partial charge in [-0.05, 0) is 31.4 Å². The van der Waals surface area contributed by atoms with Crippen molar-refractivity contribution in [3.05, 3.63) is 61.4 Å². The number of benzene rings is 1. The van der Waals surface area contributed by atoms with Gasteiger partial charge in [0.1, 0.15) is 5.02 Å². The van der Waals surface area contributed by atoms with Crippen molar-refractivity contribution in [2.24, 2.45) is 5.41 Å². The number of Topliss-reactive ketones (excluding diaryl/α,β-unsaturated/α-hetero) is 1. The van der Waals surface area contributed by atoms with Gasteiger partial charge in [-0.15, -0.1) is 0 Å². The highest BCUT2D eigenvalue weighted by atomic mass is 35.5. The third kappa shape index (κ3) is 3.20. The van der Waals surface area contributed by atoms with Crippen molar-refractivity contribution in [1.29, 1.82) is 0 Å². The number of nitrogens with one attached hydrogen (secondary N) is 1. The maximum absolute atomic E-state index is 13.3. The second-order valence-electron chi connectivity index (χ2n) is 7.66. The zero-order valence-corrected chi connectivity index (χ0v) is 16.8. The molecule has 0 aromatic heterocycles. The predicted octanol–water partition coefficient (Wildman–Crippen LogP) is 4.03. The molecule has 0 saturated carbocycles. The molecule has 0 bridgehead atoms. The number of esters is 1. The van der Waals surface area contributed by atoms with Crippen molar-refractivity contribution in [3.63, 3.8) is 0 Å². The van der Waals surface area contributed by atoms with Crippen LogP contribution in [0.4, 0.5) is 5.69 Å². The number of halogens is 1. The monoisotopic (exact) mass is 404 g/mol. The molecule has 1 heterocycles. The molecule has 0 radical (unpaired) electrons. The Bertz CT molecular complexity index is 961. The number of hydrogen-bond acceptors (Lipinski definition) is 6. The van der Waals surface area contributed by atoms with E-state index >= 15 is 0 Å². The molecule has 1 aromatic rings. The Labute approximate surface area is 167 Å². The topological polar surface area (TPSA) is 98.5 Å². The highest BCUT2D eigenvalue weighted by molar-refractivity contribution is 6.32. The maximum Gasteiger partial charge on any atom is 0.336 e. The number of ether oxygens (including phenoxy) is 1. The fraction of sp³-hybridized carbons (Fsp3) is 0.400. The number of nitro groups is 1. The normalized spacial score (nSPS) is 21.2. The fourth-order valence-corrected chi connectivity index (χ4v) is 4.03. The van der Waals surface area contributed by atoms with Crippen molar-refractivity contribution >= 4 is 29.0 Å². The van der Waals surface area contributed by atoms with Gasteiger partial charge in [0.25, 0.3) is 5.69 Å². The first kappa shape index (κ1) is 20.1. The van der Waals surface area contributed by atoms with E-state index in [1.54, 1.807) is 13.0 Å². The molecule has 0 fully saturated rings. The third-order valence-corrected chi connectivity index (χ3v) is 5.73. The lowest BCUT2D eigenvalue weighted by atomic mass is 9.67. The SMILES string of the molecule is COC(=O)C1=C(C)NC2=C(C(=O)C(C)(C)CC2)C1c1ccc(Cl)c([N+](=O)[O-])c1. The lowest BCUT2D eigenvalue weighted by molar-refractivity contribution is -0.384. The van der Waals surface area contributed by atoms with Crippen LogP contribution in [0, 0.1) is 15.5 Å². The second-order valence-corrected chi connectivity index (χ2v) is 8.07. The first-order valence-electron chi connectivity index (χ1n) is 8.86. The molecular formula is C20H21ClN2O5. The van der Waals surface area contributed by atoms with E-state index in [4.69, 9.17) is 16.3 Å². The summed E-state index contributed by atoms with van der Waals surface area (Å²) in [6.07, 6.45) is 1.32. The van der Waals surface area contributed by atoms with Crippen molar-refractivity contribution in [2.45, 2.75) is 39.5 Å². The Morgan fingerprint density at radius 2 is 2.07 bits per heavy atom. The molecular weight excluding hydrogens is 384 g/mol. The van der Waals surface area contributed by atoms with E-state index < -0.39 is 22.2 Å². The van der Waals surface area contributed by atoms with Gasteiger partial charge < -0.3 is 10.1 Å². The number of nitro benzene ring substituents is 1. The van der Waals surface area contributed by atoms with Gasteiger partial charge in [-0.2, -0.15) is 0 Å². The molecule has 0 saturated heterocycles. The Kier molecular flexibility index (Phi) is 5.06. The smallest absolute Gasteiger partial charge is 0.336 e. The van der Waals surface area contributed by atoms with Crippen LogP contribution < -0.4 is 5.32 Å². The molecule has 1 aliphatic carbocycles. The number of nitrogens with zero attached hydrogens (tertiary/aromatic N) is 1. The summed E-state index contributed by atoms with van der Waals surface area (Å²) in [4.78, 5) is 36.6. The molecule has 28 heavy (non-hydrogen) atoms. The molecule has 148 valence electrons. The number of allylic oxidation sites excluding steroid dienone is 3. The van der Waals surface area contributed by atoms with Crippen LogP contribution in [0.2, 0.25) is 5.02 Å². The zero-order chi connectivity index (χ0) is 20.8. The van der Waals surface area contributed by atoms with Gasteiger partial charge in [0.15, 0.2) is 5.78 Å². The molecule has 1 unspecified atom stereocenters. The molecule has 0 spiro atoms. The van der Waals surface area contributed by atoms with E-state index in [0.29, 0.717) is 29.7 Å². The molecule has 8 heteroatoms. The summed E-state index contributed by atoms with van der Waals surface area (Å²) in [5.74, 6) is -1.43. The van der Waals surface area contributed by atoms with Crippen molar-refractivity contribution in [2.75, 3.05) is 7.11 Å². The average molecular weight is 405 g/mol. The molecule has 0 amide bonds. The van der Waals surface area contributed by atoms with Crippen molar-refractivity contribution in [3.8, 4) is 0 Å². The van der Waals surface area contributed by atoms with Gasteiger partial charge in [0, 0.05) is 34.4 Å². The zero-order valence-electron chi connectivity index (χ0n) is 16.1. The van der Waals surface area contributed by atoms with E-state index in [9.17, 15) is 19.7 Å². The Balaban J connectivity index is 2.27. The molecule has 7 nitrogen and oxygen atoms in total. The lowest BCUT2D eigenvalue weighted by Gasteiger charge is -2.39. The minimum atomic E-state index is -0.758. The highest BCUT2D eigenvalue weighted by Crippen LogP contribution is 2.47. The van der Waals surface area contributed by atoms with Crippen LogP contribution in [0.25, 0.3) is 0 Å². The first-order chi connectivity index (χ1) is 13.1. The van der Waals surface area contributed by atoms with Gasteiger partial charge >= 0.3 is 5.97 Å². The van der Waals surface area contributed by atoms with Gasteiger partial charge in [-0.25, -0.2) is 4.79 Å². The van der Waals surface area contributed by atoms with Crippen LogP contribution in [0.1, 0.15) is 45.1 Å². The van der Waals surface area contributed by atoms with Gasteiger partial charge in [0.2, 0.25) is 0 Å². The summed E-state index contributed by atoms with van der Waals surface area (Å²) in [5.41, 5.74) is 1.63.